The first-order valence-electron chi connectivity index (χ1n) is 16.3. The number of fused-ring (bicyclic) bond motifs is 5. The molecule has 5 heteroatoms. The SMILES string of the molecule is Cc1c[c-]c(-c2ccc(C)cn2)cc1.[2H]C([2H])([2H])c1cnc(-c2[c-]ccc3c2oc2c4ccsc4ccc32)cc1C([2H])([2H])C(C)(C)C.[Ir]. The summed E-state index contributed by atoms with van der Waals surface area (Å²) in [5.41, 5.74) is 6.03. The van der Waals surface area contributed by atoms with Crippen molar-refractivity contribution in [2.75, 3.05) is 0 Å². The molecule has 0 spiro atoms. The minimum absolute atomic E-state index is 0. The molecule has 0 aliphatic carbocycles. The fourth-order valence-electron chi connectivity index (χ4n) is 4.82. The Labute approximate surface area is 278 Å². The second kappa shape index (κ2) is 12.5. The number of furan rings is 1. The van der Waals surface area contributed by atoms with E-state index in [0.717, 1.165) is 37.7 Å². The van der Waals surface area contributed by atoms with Gasteiger partial charge in [0.25, 0.3) is 0 Å². The zero-order valence-electron chi connectivity index (χ0n) is 29.6. The number of pyridine rings is 2. The number of hydrogen-bond acceptors (Lipinski definition) is 4. The van der Waals surface area contributed by atoms with Gasteiger partial charge in [0.15, 0.2) is 0 Å². The molecule has 0 N–H and O–H groups in total. The third-order valence-corrected chi connectivity index (χ3v) is 7.74. The van der Waals surface area contributed by atoms with Gasteiger partial charge in [0.05, 0.1) is 5.58 Å². The number of benzene rings is 3. The maximum Gasteiger partial charge on any atom is 0.129 e. The molecule has 0 unspecified atom stereocenters. The summed E-state index contributed by atoms with van der Waals surface area (Å²) in [4.78, 5) is 8.78. The molecule has 4 heterocycles. The molecule has 0 saturated heterocycles. The third kappa shape index (κ3) is 6.65. The Morgan fingerprint density at radius 1 is 0.860 bits per heavy atom. The number of aromatic nitrogens is 2. The number of nitrogens with zero attached hydrogens (tertiary/aromatic N) is 2. The molecule has 7 aromatic rings. The van der Waals surface area contributed by atoms with Crippen LogP contribution in [0, 0.1) is 38.2 Å². The van der Waals surface area contributed by atoms with Crippen LogP contribution in [0.2, 0.25) is 0 Å². The molecule has 4 aromatic heterocycles. The molecular formula is C38H34IrN2OS-2. The first-order chi connectivity index (χ1) is 22.1. The number of thiophene rings is 1. The Morgan fingerprint density at radius 3 is 2.37 bits per heavy atom. The van der Waals surface area contributed by atoms with E-state index in [1.54, 1.807) is 44.2 Å². The monoisotopic (exact) mass is 764 g/mol. The topological polar surface area (TPSA) is 38.9 Å². The van der Waals surface area contributed by atoms with Crippen LogP contribution in [0.5, 0.6) is 0 Å². The van der Waals surface area contributed by atoms with Crippen molar-refractivity contribution in [1.29, 1.82) is 0 Å². The summed E-state index contributed by atoms with van der Waals surface area (Å²) in [5.74, 6) is 0. The molecule has 0 saturated carbocycles. The normalized spacial score (nSPS) is 13.7. The van der Waals surface area contributed by atoms with Gasteiger partial charge in [-0.25, -0.2) is 0 Å². The van der Waals surface area contributed by atoms with Gasteiger partial charge in [-0.2, -0.15) is 0 Å². The molecule has 7 rings (SSSR count). The summed E-state index contributed by atoms with van der Waals surface area (Å²) in [6, 6.07) is 28.0. The van der Waals surface area contributed by atoms with Gasteiger partial charge in [-0.05, 0) is 65.6 Å². The Bertz CT molecular complexity index is 2170. The fraction of sp³-hybridized carbons (Fsp3) is 0.211. The molecule has 0 aliphatic heterocycles. The van der Waals surface area contributed by atoms with Crippen molar-refractivity contribution >= 4 is 43.4 Å². The molecule has 219 valence electrons. The summed E-state index contributed by atoms with van der Waals surface area (Å²) in [6.45, 7) is 6.88. The predicted molar refractivity (Wildman–Crippen MR) is 177 cm³/mol. The van der Waals surface area contributed by atoms with Gasteiger partial charge in [-0.1, -0.05) is 68.5 Å². The van der Waals surface area contributed by atoms with Crippen LogP contribution < -0.4 is 0 Å². The molecule has 3 aromatic carbocycles. The van der Waals surface area contributed by atoms with Crippen LogP contribution in [0.3, 0.4) is 0 Å². The molecule has 0 fully saturated rings. The Hall–Kier alpha value is -3.63. The molecular weight excluding hydrogens is 725 g/mol. The Kier molecular flexibility index (Phi) is 7.22. The van der Waals surface area contributed by atoms with E-state index in [1.165, 1.54) is 17.3 Å². The number of aryl methyl sites for hydroxylation is 3. The molecule has 0 aliphatic rings. The summed E-state index contributed by atoms with van der Waals surface area (Å²) >= 11 is 1.65. The van der Waals surface area contributed by atoms with Crippen LogP contribution in [0.4, 0.5) is 0 Å². The standard InChI is InChI=1S/C25H22NOS.C13H12N.Ir/c1-15-14-26-21(12-16(15)13-25(2,3)4)19-7-5-6-17-18-8-9-22-20(10-11-28-22)24(18)27-23(17)19;1-10-3-6-12(7-4-10)13-8-5-11(2)9-14-13;/h5-6,8-12,14H,13H2,1-4H3;3-6,8-9H,1-2H3;/q2*-1;/i1D3,13D2;;. The van der Waals surface area contributed by atoms with Crippen LogP contribution in [0.15, 0.2) is 88.9 Å². The van der Waals surface area contributed by atoms with Crippen molar-refractivity contribution in [3.8, 4) is 22.5 Å². The van der Waals surface area contributed by atoms with Gasteiger partial charge < -0.3 is 14.4 Å². The van der Waals surface area contributed by atoms with Gasteiger partial charge in [0, 0.05) is 54.8 Å². The van der Waals surface area contributed by atoms with Crippen molar-refractivity contribution in [3.63, 3.8) is 0 Å². The van der Waals surface area contributed by atoms with Crippen LogP contribution in [-0.4, -0.2) is 9.97 Å². The summed E-state index contributed by atoms with van der Waals surface area (Å²) in [5, 5.41) is 4.96. The van der Waals surface area contributed by atoms with Crippen molar-refractivity contribution in [1.82, 2.24) is 9.97 Å². The second-order valence-electron chi connectivity index (χ2n) is 11.5. The quantitative estimate of drug-likeness (QED) is 0.168. The predicted octanol–water partition coefficient (Wildman–Crippen LogP) is 10.7. The van der Waals surface area contributed by atoms with Crippen molar-refractivity contribution < 1.29 is 31.4 Å². The van der Waals surface area contributed by atoms with Gasteiger partial charge in [0.2, 0.25) is 0 Å². The number of hydrogen-bond donors (Lipinski definition) is 0. The average Bonchev–Trinajstić information content (AvgIpc) is 3.66. The molecule has 0 atom stereocenters. The molecule has 0 amide bonds. The third-order valence-electron chi connectivity index (χ3n) is 6.85. The average molecular weight is 764 g/mol. The van der Waals surface area contributed by atoms with E-state index in [4.69, 9.17) is 11.3 Å². The van der Waals surface area contributed by atoms with E-state index in [-0.39, 0.29) is 31.2 Å². The second-order valence-corrected chi connectivity index (χ2v) is 12.4. The van der Waals surface area contributed by atoms with E-state index in [9.17, 15) is 0 Å². The first kappa shape index (κ1) is 24.8. The van der Waals surface area contributed by atoms with Crippen molar-refractivity contribution in [2.24, 2.45) is 5.41 Å². The van der Waals surface area contributed by atoms with Gasteiger partial charge >= 0.3 is 0 Å². The van der Waals surface area contributed by atoms with Gasteiger partial charge in [-0.3, -0.25) is 0 Å². The summed E-state index contributed by atoms with van der Waals surface area (Å²) < 4.78 is 48.8. The van der Waals surface area contributed by atoms with Crippen molar-refractivity contribution in [2.45, 2.75) is 47.8 Å². The van der Waals surface area contributed by atoms with E-state index < -0.39 is 18.6 Å². The largest absolute Gasteiger partial charge is 0.500 e. The minimum atomic E-state index is -2.49. The maximum atomic E-state index is 8.78. The van der Waals surface area contributed by atoms with Crippen molar-refractivity contribution in [3.05, 3.63) is 119 Å². The van der Waals surface area contributed by atoms with E-state index in [2.05, 4.69) is 47.2 Å². The van der Waals surface area contributed by atoms with Crippen LogP contribution in [-0.2, 0) is 26.5 Å². The van der Waals surface area contributed by atoms with Gasteiger partial charge in [-0.15, -0.1) is 64.9 Å². The fourth-order valence-corrected chi connectivity index (χ4v) is 5.61. The molecule has 0 bridgehead atoms. The van der Waals surface area contributed by atoms with Gasteiger partial charge in [0.1, 0.15) is 5.58 Å². The minimum Gasteiger partial charge on any atom is -0.500 e. The van der Waals surface area contributed by atoms with Crippen LogP contribution in [0.25, 0.3) is 54.5 Å². The number of rotatable bonds is 3. The first-order valence-corrected chi connectivity index (χ1v) is 14.7. The Morgan fingerprint density at radius 2 is 1.65 bits per heavy atom. The maximum absolute atomic E-state index is 8.78. The van der Waals surface area contributed by atoms with Crippen LogP contribution >= 0.6 is 11.3 Å². The molecule has 1 radical (unpaired) electrons. The summed E-state index contributed by atoms with van der Waals surface area (Å²) in [7, 11) is 0. The van der Waals surface area contributed by atoms with E-state index in [1.807, 2.05) is 54.9 Å². The van der Waals surface area contributed by atoms with Crippen LogP contribution in [0.1, 0.15) is 49.9 Å². The zero-order valence-corrected chi connectivity index (χ0v) is 27.8. The zero-order chi connectivity index (χ0) is 33.7. The molecule has 43 heavy (non-hydrogen) atoms. The van der Waals surface area contributed by atoms with E-state index in [0.29, 0.717) is 16.8 Å². The summed E-state index contributed by atoms with van der Waals surface area (Å²) in [6.07, 6.45) is 1.25. The molecule has 3 nitrogen and oxygen atoms in total. The van der Waals surface area contributed by atoms with E-state index >= 15 is 0 Å². The Balaban J connectivity index is 0.000000252. The smallest absolute Gasteiger partial charge is 0.129 e.